The Labute approximate surface area is 153 Å². The topological polar surface area (TPSA) is 43.9 Å². The van der Waals surface area contributed by atoms with Gasteiger partial charge in [-0.25, -0.2) is 4.79 Å². The highest BCUT2D eigenvalue weighted by molar-refractivity contribution is 5.86. The Morgan fingerprint density at radius 2 is 1.77 bits per heavy atom. The minimum absolute atomic E-state index is 0.265. The zero-order valence-electron chi connectivity index (χ0n) is 15.7. The van der Waals surface area contributed by atoms with Gasteiger partial charge in [0, 0.05) is 27.6 Å². The average Bonchev–Trinajstić information content (AvgIpc) is 2.67. The number of nitrogens with one attached hydrogen (secondary N) is 1. The third kappa shape index (κ3) is 2.61. The molecule has 1 aliphatic heterocycles. The van der Waals surface area contributed by atoms with Crippen LogP contribution in [0.3, 0.4) is 0 Å². The van der Waals surface area contributed by atoms with E-state index in [1.807, 2.05) is 26.8 Å². The fourth-order valence-corrected chi connectivity index (χ4v) is 3.83. The van der Waals surface area contributed by atoms with Gasteiger partial charge in [-0.1, -0.05) is 30.3 Å². The van der Waals surface area contributed by atoms with Crippen molar-refractivity contribution >= 4 is 11.0 Å². The predicted molar refractivity (Wildman–Crippen MR) is 102 cm³/mol. The van der Waals surface area contributed by atoms with Crippen molar-refractivity contribution in [3.05, 3.63) is 74.6 Å². The average molecular weight is 350 g/mol. The molecule has 2 aromatic carbocycles. The molecule has 134 valence electrons. The number of hydrogen-bond donors (Lipinski definition) is 1. The molecule has 0 amide bonds. The Kier molecular flexibility index (Phi) is 4.08. The highest BCUT2D eigenvalue weighted by Crippen LogP contribution is 2.34. The van der Waals surface area contributed by atoms with E-state index in [1.54, 1.807) is 0 Å². The van der Waals surface area contributed by atoms with Crippen LogP contribution in [-0.4, -0.2) is 6.73 Å². The van der Waals surface area contributed by atoms with Crippen molar-refractivity contribution in [2.24, 2.45) is 0 Å². The fourth-order valence-electron chi connectivity index (χ4n) is 3.83. The number of quaternary nitrogens is 1. The zero-order valence-corrected chi connectivity index (χ0v) is 15.7. The van der Waals surface area contributed by atoms with Crippen LogP contribution in [0.25, 0.3) is 11.0 Å². The molecule has 1 unspecified atom stereocenters. The predicted octanol–water partition coefficient (Wildman–Crippen LogP) is 3.21. The summed E-state index contributed by atoms with van der Waals surface area (Å²) in [6, 6.07) is 13.0. The number of rotatable bonds is 2. The molecule has 0 spiro atoms. The minimum Gasteiger partial charge on any atom is -0.444 e. The van der Waals surface area contributed by atoms with Gasteiger partial charge in [0.25, 0.3) is 0 Å². The van der Waals surface area contributed by atoms with Crippen LogP contribution in [0.15, 0.2) is 45.6 Å². The first-order valence-corrected chi connectivity index (χ1v) is 9.06. The summed E-state index contributed by atoms with van der Waals surface area (Å²) in [5.41, 5.74) is 5.46. The van der Waals surface area contributed by atoms with E-state index < -0.39 is 0 Å². The minimum atomic E-state index is -0.265. The van der Waals surface area contributed by atoms with Gasteiger partial charge in [0.05, 0.1) is 0 Å². The van der Waals surface area contributed by atoms with Gasteiger partial charge in [0.1, 0.15) is 23.9 Å². The van der Waals surface area contributed by atoms with Crippen molar-refractivity contribution in [2.45, 2.75) is 40.3 Å². The molecule has 2 heterocycles. The van der Waals surface area contributed by atoms with Crippen LogP contribution in [0.1, 0.15) is 40.8 Å². The summed E-state index contributed by atoms with van der Waals surface area (Å²) >= 11 is 0. The molecule has 1 aromatic heterocycles. The molecule has 2 atom stereocenters. The van der Waals surface area contributed by atoms with Gasteiger partial charge in [-0.15, -0.1) is 0 Å². The Balaban J connectivity index is 1.78. The van der Waals surface area contributed by atoms with Crippen LogP contribution in [0, 0.1) is 20.8 Å². The van der Waals surface area contributed by atoms with E-state index in [9.17, 15) is 4.79 Å². The zero-order chi connectivity index (χ0) is 18.4. The molecule has 0 bridgehead atoms. The van der Waals surface area contributed by atoms with E-state index in [0.29, 0.717) is 23.9 Å². The van der Waals surface area contributed by atoms with Crippen LogP contribution in [0.5, 0.6) is 5.75 Å². The van der Waals surface area contributed by atoms with Crippen LogP contribution >= 0.6 is 0 Å². The first kappa shape index (κ1) is 16.9. The van der Waals surface area contributed by atoms with E-state index in [2.05, 4.69) is 37.3 Å². The second kappa shape index (κ2) is 6.29. The highest BCUT2D eigenvalue weighted by Gasteiger charge is 2.29. The van der Waals surface area contributed by atoms with Crippen molar-refractivity contribution in [2.75, 3.05) is 6.73 Å². The summed E-state index contributed by atoms with van der Waals surface area (Å²) in [5.74, 6) is 0.868. The molecule has 4 heteroatoms. The van der Waals surface area contributed by atoms with Gasteiger partial charge in [0.15, 0.2) is 0 Å². The van der Waals surface area contributed by atoms with Gasteiger partial charge in [0.2, 0.25) is 6.73 Å². The second-order valence-electron chi connectivity index (χ2n) is 7.26. The number of ether oxygens (including phenoxy) is 1. The third-order valence-electron chi connectivity index (χ3n) is 5.73. The molecule has 26 heavy (non-hydrogen) atoms. The van der Waals surface area contributed by atoms with Crippen molar-refractivity contribution in [1.29, 1.82) is 0 Å². The maximum Gasteiger partial charge on any atom is 0.339 e. The molecule has 1 N–H and O–H groups in total. The lowest BCUT2D eigenvalue weighted by atomic mass is 9.98. The molecular weight excluding hydrogens is 326 g/mol. The molecule has 0 radical (unpaired) electrons. The summed E-state index contributed by atoms with van der Waals surface area (Å²) in [5, 5.41) is 1.01. The van der Waals surface area contributed by atoms with E-state index in [0.717, 1.165) is 28.8 Å². The van der Waals surface area contributed by atoms with E-state index >= 15 is 0 Å². The van der Waals surface area contributed by atoms with Gasteiger partial charge >= 0.3 is 5.63 Å². The van der Waals surface area contributed by atoms with Crippen LogP contribution in [0.4, 0.5) is 0 Å². The Morgan fingerprint density at radius 3 is 2.50 bits per heavy atom. The van der Waals surface area contributed by atoms with Crippen molar-refractivity contribution in [3.63, 3.8) is 0 Å². The Morgan fingerprint density at radius 1 is 1.04 bits per heavy atom. The summed E-state index contributed by atoms with van der Waals surface area (Å²) in [6.45, 7) is 9.51. The number of aryl methyl sites for hydroxylation is 2. The summed E-state index contributed by atoms with van der Waals surface area (Å²) in [4.78, 5) is 13.4. The third-order valence-corrected chi connectivity index (χ3v) is 5.73. The smallest absolute Gasteiger partial charge is 0.339 e. The Bertz CT molecular complexity index is 1040. The SMILES string of the molecule is Cc1c(C)c2cc3c(c(C)c2oc1=O)OC[NH+]([C@H](C)c1ccccc1)C3. The fraction of sp³-hybridized carbons (Fsp3) is 0.318. The van der Waals surface area contributed by atoms with Crippen LogP contribution < -0.4 is 15.3 Å². The van der Waals surface area contributed by atoms with E-state index in [-0.39, 0.29) is 5.63 Å². The maximum absolute atomic E-state index is 12.1. The first-order chi connectivity index (χ1) is 12.5. The maximum atomic E-state index is 12.1. The van der Waals surface area contributed by atoms with Gasteiger partial charge < -0.3 is 9.15 Å². The van der Waals surface area contributed by atoms with Crippen LogP contribution in [0.2, 0.25) is 0 Å². The molecule has 4 nitrogen and oxygen atoms in total. The van der Waals surface area contributed by atoms with E-state index in [1.165, 1.54) is 16.0 Å². The monoisotopic (exact) mass is 350 g/mol. The number of fused-ring (bicyclic) bond motifs is 2. The lowest BCUT2D eigenvalue weighted by Gasteiger charge is -2.31. The lowest BCUT2D eigenvalue weighted by molar-refractivity contribution is -0.960. The summed E-state index contributed by atoms with van der Waals surface area (Å²) < 4.78 is 11.7. The van der Waals surface area contributed by atoms with Gasteiger partial charge in [-0.2, -0.15) is 0 Å². The summed E-state index contributed by atoms with van der Waals surface area (Å²) in [6.07, 6.45) is 0. The molecule has 4 rings (SSSR count). The van der Waals surface area contributed by atoms with Crippen molar-refractivity contribution in [1.82, 2.24) is 0 Å². The molecule has 0 fully saturated rings. The summed E-state index contributed by atoms with van der Waals surface area (Å²) in [7, 11) is 0. The van der Waals surface area contributed by atoms with Gasteiger partial charge in [-0.05, 0) is 39.3 Å². The lowest BCUT2D eigenvalue weighted by Crippen LogP contribution is -3.12. The van der Waals surface area contributed by atoms with E-state index in [4.69, 9.17) is 9.15 Å². The Hall–Kier alpha value is -2.59. The normalized spacial score (nSPS) is 17.6. The van der Waals surface area contributed by atoms with Gasteiger partial charge in [-0.3, -0.25) is 4.90 Å². The van der Waals surface area contributed by atoms with Crippen LogP contribution in [-0.2, 0) is 6.54 Å². The molecule has 3 aromatic rings. The quantitative estimate of drug-likeness (QED) is 0.722. The van der Waals surface area contributed by atoms with Crippen molar-refractivity contribution in [3.8, 4) is 5.75 Å². The molecule has 0 saturated carbocycles. The number of benzene rings is 2. The molecule has 1 aliphatic rings. The standard InChI is InChI=1S/C22H23NO3/c1-13-14(2)22(24)26-21-15(3)20-18(10-19(13)21)11-23(12-25-20)16(4)17-8-6-5-7-9-17/h5-10,16H,11-12H2,1-4H3/p+1/t16-/m1/s1. The number of hydrogen-bond acceptors (Lipinski definition) is 3. The molecule has 0 aliphatic carbocycles. The second-order valence-corrected chi connectivity index (χ2v) is 7.26. The largest absolute Gasteiger partial charge is 0.444 e. The highest BCUT2D eigenvalue weighted by atomic mass is 16.5. The first-order valence-electron chi connectivity index (χ1n) is 9.06. The van der Waals surface area contributed by atoms with Crippen molar-refractivity contribution < 1.29 is 14.1 Å². The molecular formula is C22H24NO3+. The molecule has 0 saturated heterocycles.